The summed E-state index contributed by atoms with van der Waals surface area (Å²) in [6.45, 7) is 2.91. The number of nitrogens with zero attached hydrogens (tertiary/aromatic N) is 2. The molecule has 3 N–H and O–H groups in total. The number of rotatable bonds is 3. The molecule has 0 aliphatic rings. The van der Waals surface area contributed by atoms with E-state index in [2.05, 4.69) is 17.2 Å². The lowest BCUT2D eigenvalue weighted by atomic mass is 10.3. The van der Waals surface area contributed by atoms with Crippen LogP contribution in [0.25, 0.3) is 0 Å². The van der Waals surface area contributed by atoms with Crippen molar-refractivity contribution in [3.63, 3.8) is 0 Å². The van der Waals surface area contributed by atoms with E-state index in [1.54, 1.807) is 12.1 Å². The van der Waals surface area contributed by atoms with E-state index < -0.39 is 0 Å². The molecule has 0 radical (unpaired) electrons. The van der Waals surface area contributed by atoms with Gasteiger partial charge in [-0.15, -0.1) is 0 Å². The summed E-state index contributed by atoms with van der Waals surface area (Å²) in [4.78, 5) is 4.03. The first-order valence-corrected chi connectivity index (χ1v) is 4.18. The van der Waals surface area contributed by atoms with Gasteiger partial charge in [0, 0.05) is 6.54 Å². The molecule has 0 aliphatic heterocycles. The number of anilines is 2. The van der Waals surface area contributed by atoms with Gasteiger partial charge in [-0.1, -0.05) is 6.92 Å². The first kappa shape index (κ1) is 9.33. The molecule has 4 heteroatoms. The fourth-order valence-electron chi connectivity index (χ4n) is 0.911. The zero-order chi connectivity index (χ0) is 9.68. The number of hydrogen-bond donors (Lipinski definition) is 2. The highest BCUT2D eigenvalue weighted by Gasteiger charge is 2.00. The second-order valence-corrected chi connectivity index (χ2v) is 2.67. The van der Waals surface area contributed by atoms with Gasteiger partial charge in [0.2, 0.25) is 0 Å². The molecule has 1 rings (SSSR count). The summed E-state index contributed by atoms with van der Waals surface area (Å²) in [6.07, 6.45) is 1.02. The molecule has 0 unspecified atom stereocenters. The van der Waals surface area contributed by atoms with Gasteiger partial charge < -0.3 is 11.1 Å². The van der Waals surface area contributed by atoms with Crippen LogP contribution in [-0.2, 0) is 0 Å². The molecule has 13 heavy (non-hydrogen) atoms. The van der Waals surface area contributed by atoms with Crippen molar-refractivity contribution in [1.29, 1.82) is 5.26 Å². The van der Waals surface area contributed by atoms with Gasteiger partial charge in [0.15, 0.2) is 5.69 Å². The Hall–Kier alpha value is -1.76. The number of hydrogen-bond acceptors (Lipinski definition) is 4. The highest BCUT2D eigenvalue weighted by molar-refractivity contribution is 5.54. The fraction of sp³-hybridized carbons (Fsp3) is 0.333. The molecule has 0 saturated carbocycles. The van der Waals surface area contributed by atoms with Crippen molar-refractivity contribution < 1.29 is 0 Å². The number of nitriles is 1. The minimum atomic E-state index is 0.279. The molecule has 0 bridgehead atoms. The molecule has 0 spiro atoms. The fourth-order valence-corrected chi connectivity index (χ4v) is 0.911. The summed E-state index contributed by atoms with van der Waals surface area (Å²) < 4.78 is 0. The van der Waals surface area contributed by atoms with E-state index in [0.717, 1.165) is 13.0 Å². The summed E-state index contributed by atoms with van der Waals surface area (Å²) >= 11 is 0. The summed E-state index contributed by atoms with van der Waals surface area (Å²) in [5.74, 6) is 0.701. The zero-order valence-electron chi connectivity index (χ0n) is 7.54. The van der Waals surface area contributed by atoms with Crippen LogP contribution in [0.1, 0.15) is 19.0 Å². The maximum atomic E-state index is 8.65. The molecule has 0 amide bonds. The van der Waals surface area contributed by atoms with Crippen molar-refractivity contribution in [3.05, 3.63) is 17.8 Å². The van der Waals surface area contributed by atoms with Gasteiger partial charge in [-0.25, -0.2) is 4.98 Å². The monoisotopic (exact) mass is 176 g/mol. The quantitative estimate of drug-likeness (QED) is 0.729. The first-order valence-electron chi connectivity index (χ1n) is 4.18. The molecule has 0 atom stereocenters. The van der Waals surface area contributed by atoms with E-state index in [0.29, 0.717) is 11.5 Å². The average Bonchev–Trinajstić information content (AvgIpc) is 2.16. The van der Waals surface area contributed by atoms with Gasteiger partial charge in [-0.2, -0.15) is 5.26 Å². The molecule has 1 aromatic rings. The Bertz CT molecular complexity index is 327. The third kappa shape index (κ3) is 2.34. The summed E-state index contributed by atoms with van der Waals surface area (Å²) in [5.41, 5.74) is 6.22. The van der Waals surface area contributed by atoms with Crippen molar-refractivity contribution in [3.8, 4) is 6.07 Å². The smallest absolute Gasteiger partial charge is 0.165 e. The number of nitrogens with one attached hydrogen (secondary N) is 1. The number of pyridine rings is 1. The van der Waals surface area contributed by atoms with Crippen LogP contribution in [-0.4, -0.2) is 11.5 Å². The second kappa shape index (κ2) is 4.31. The topological polar surface area (TPSA) is 74.7 Å². The molecule has 4 nitrogen and oxygen atoms in total. The van der Waals surface area contributed by atoms with E-state index in [1.165, 1.54) is 0 Å². The molecule has 0 fully saturated rings. The third-order valence-corrected chi connectivity index (χ3v) is 1.59. The van der Waals surface area contributed by atoms with Crippen molar-refractivity contribution >= 4 is 11.5 Å². The SMILES string of the molecule is CCCNc1ccc(N)c(C#N)n1. The summed E-state index contributed by atoms with van der Waals surface area (Å²) in [5, 5.41) is 11.7. The van der Waals surface area contributed by atoms with Crippen LogP contribution in [0.2, 0.25) is 0 Å². The Balaban J connectivity index is 2.82. The standard InChI is InChI=1S/C9H12N4/c1-2-5-12-9-4-3-7(11)8(6-10)13-9/h3-4H,2,5,11H2,1H3,(H,12,13). The zero-order valence-corrected chi connectivity index (χ0v) is 7.54. The molecular formula is C9H12N4. The van der Waals surface area contributed by atoms with Gasteiger partial charge in [0.05, 0.1) is 5.69 Å². The Kier molecular flexibility index (Phi) is 3.09. The van der Waals surface area contributed by atoms with Gasteiger partial charge in [0.25, 0.3) is 0 Å². The molecule has 1 heterocycles. The number of aromatic nitrogens is 1. The average molecular weight is 176 g/mol. The Morgan fingerprint density at radius 2 is 2.38 bits per heavy atom. The lowest BCUT2D eigenvalue weighted by Gasteiger charge is -2.04. The van der Waals surface area contributed by atoms with Crippen LogP contribution in [0.4, 0.5) is 11.5 Å². The normalized spacial score (nSPS) is 9.23. The van der Waals surface area contributed by atoms with E-state index >= 15 is 0 Å². The Morgan fingerprint density at radius 3 is 3.00 bits per heavy atom. The molecule has 1 aromatic heterocycles. The predicted octanol–water partition coefficient (Wildman–Crippen LogP) is 1.36. The van der Waals surface area contributed by atoms with Crippen LogP contribution in [0.15, 0.2) is 12.1 Å². The van der Waals surface area contributed by atoms with Crippen LogP contribution >= 0.6 is 0 Å². The van der Waals surface area contributed by atoms with Crippen molar-refractivity contribution in [2.45, 2.75) is 13.3 Å². The maximum Gasteiger partial charge on any atom is 0.165 e. The van der Waals surface area contributed by atoms with Gasteiger partial charge in [0.1, 0.15) is 11.9 Å². The lowest BCUT2D eigenvalue weighted by Crippen LogP contribution is -2.03. The van der Waals surface area contributed by atoms with Gasteiger partial charge in [-0.05, 0) is 18.6 Å². The number of nitrogen functional groups attached to an aromatic ring is 1. The highest BCUT2D eigenvalue weighted by Crippen LogP contribution is 2.11. The minimum Gasteiger partial charge on any atom is -0.396 e. The van der Waals surface area contributed by atoms with Crippen molar-refractivity contribution in [1.82, 2.24) is 4.98 Å². The summed E-state index contributed by atoms with van der Waals surface area (Å²) in [6, 6.07) is 5.39. The minimum absolute atomic E-state index is 0.279. The highest BCUT2D eigenvalue weighted by atomic mass is 15.0. The molecule has 68 valence electrons. The van der Waals surface area contributed by atoms with E-state index in [9.17, 15) is 0 Å². The molecule has 0 aromatic carbocycles. The molecule has 0 saturated heterocycles. The van der Waals surface area contributed by atoms with Crippen LogP contribution in [0, 0.1) is 11.3 Å². The largest absolute Gasteiger partial charge is 0.396 e. The van der Waals surface area contributed by atoms with E-state index in [-0.39, 0.29) is 5.69 Å². The molecule has 0 aliphatic carbocycles. The number of nitrogens with two attached hydrogens (primary N) is 1. The van der Waals surface area contributed by atoms with Crippen LogP contribution < -0.4 is 11.1 Å². The Labute approximate surface area is 77.4 Å². The van der Waals surface area contributed by atoms with Crippen molar-refractivity contribution in [2.24, 2.45) is 0 Å². The summed E-state index contributed by atoms with van der Waals surface area (Å²) in [7, 11) is 0. The predicted molar refractivity (Wildman–Crippen MR) is 52.1 cm³/mol. The van der Waals surface area contributed by atoms with E-state index in [1.807, 2.05) is 6.07 Å². The van der Waals surface area contributed by atoms with Crippen LogP contribution in [0.3, 0.4) is 0 Å². The third-order valence-electron chi connectivity index (χ3n) is 1.59. The second-order valence-electron chi connectivity index (χ2n) is 2.67. The van der Waals surface area contributed by atoms with Gasteiger partial charge in [-0.3, -0.25) is 0 Å². The first-order chi connectivity index (χ1) is 6.27. The maximum absolute atomic E-state index is 8.65. The molecular weight excluding hydrogens is 164 g/mol. The van der Waals surface area contributed by atoms with Gasteiger partial charge >= 0.3 is 0 Å². The van der Waals surface area contributed by atoms with Crippen LogP contribution in [0.5, 0.6) is 0 Å². The van der Waals surface area contributed by atoms with Crippen molar-refractivity contribution in [2.75, 3.05) is 17.6 Å². The Morgan fingerprint density at radius 1 is 1.62 bits per heavy atom. The van der Waals surface area contributed by atoms with E-state index in [4.69, 9.17) is 11.0 Å². The lowest BCUT2D eigenvalue weighted by molar-refractivity contribution is 0.968.